The second-order valence-electron chi connectivity index (χ2n) is 4.14. The summed E-state index contributed by atoms with van der Waals surface area (Å²) in [4.78, 5) is 10.9. The Morgan fingerprint density at radius 2 is 2.26 bits per heavy atom. The molecule has 19 heavy (non-hydrogen) atoms. The summed E-state index contributed by atoms with van der Waals surface area (Å²) >= 11 is 5.98. The van der Waals surface area contributed by atoms with Gasteiger partial charge in [0, 0.05) is 29.4 Å². The van der Waals surface area contributed by atoms with E-state index in [-0.39, 0.29) is 0 Å². The fraction of sp³-hybridized carbons (Fsp3) is 0.167. The summed E-state index contributed by atoms with van der Waals surface area (Å²) in [5.41, 5.74) is 0.708. The fourth-order valence-electron chi connectivity index (χ4n) is 1.63. The summed E-state index contributed by atoms with van der Waals surface area (Å²) in [6, 6.07) is 5.12. The predicted molar refractivity (Wildman–Crippen MR) is 75.3 cm³/mol. The average molecular weight is 297 g/mol. The molecule has 2 rings (SSSR count). The largest absolute Gasteiger partial charge is 0.534 e. The monoisotopic (exact) mass is 296 g/mol. The highest BCUT2D eigenvalue weighted by atomic mass is 35.5. The van der Waals surface area contributed by atoms with Gasteiger partial charge in [0.15, 0.2) is 0 Å². The van der Waals surface area contributed by atoms with Gasteiger partial charge in [-0.3, -0.25) is 9.48 Å². The standard InChI is InChI=1S/C12H13ClN2O3Si/c1-15-7-8(6-14-15)10-5-9(13)3-4-11(10)18-19(2)12(16)17/h3-7,19H,1-2H3,(H,16,17)/t19-/m0/s1. The van der Waals surface area contributed by atoms with Gasteiger partial charge in [0.05, 0.1) is 6.20 Å². The van der Waals surface area contributed by atoms with Crippen molar-refractivity contribution in [3.8, 4) is 16.9 Å². The van der Waals surface area contributed by atoms with E-state index in [1.807, 2.05) is 13.2 Å². The van der Waals surface area contributed by atoms with E-state index in [1.165, 1.54) is 0 Å². The molecule has 1 aromatic carbocycles. The quantitative estimate of drug-likeness (QED) is 0.881. The van der Waals surface area contributed by atoms with E-state index in [4.69, 9.17) is 21.1 Å². The van der Waals surface area contributed by atoms with Gasteiger partial charge in [-0.25, -0.2) is 0 Å². The number of hydrogen-bond donors (Lipinski definition) is 1. The van der Waals surface area contributed by atoms with Crippen LogP contribution in [-0.2, 0) is 7.05 Å². The minimum absolute atomic E-state index is 0.527. The third-order valence-corrected chi connectivity index (χ3v) is 4.15. The van der Waals surface area contributed by atoms with Crippen LogP contribution < -0.4 is 4.43 Å². The summed E-state index contributed by atoms with van der Waals surface area (Å²) in [6.45, 7) is 1.62. The van der Waals surface area contributed by atoms with E-state index in [1.54, 1.807) is 35.6 Å². The summed E-state index contributed by atoms with van der Waals surface area (Å²) in [7, 11) is -0.507. The van der Waals surface area contributed by atoms with Crippen LogP contribution in [0, 0.1) is 0 Å². The molecule has 0 saturated heterocycles. The summed E-state index contributed by atoms with van der Waals surface area (Å²) in [6.07, 6.45) is 3.51. The molecular formula is C12H13ClN2O3Si. The number of nitrogens with zero attached hydrogens (tertiary/aromatic N) is 2. The highest BCUT2D eigenvalue weighted by Gasteiger charge is 2.19. The highest BCUT2D eigenvalue weighted by Crippen LogP contribution is 2.32. The number of benzene rings is 1. The summed E-state index contributed by atoms with van der Waals surface area (Å²) in [5, 5.41) is 13.6. The molecule has 0 radical (unpaired) electrons. The molecule has 0 fully saturated rings. The molecule has 0 saturated carbocycles. The zero-order valence-electron chi connectivity index (χ0n) is 10.5. The molecule has 0 aliphatic heterocycles. The highest BCUT2D eigenvalue weighted by molar-refractivity contribution is 6.82. The number of aryl methyl sites for hydroxylation is 1. The first kappa shape index (κ1) is 13.6. The zero-order chi connectivity index (χ0) is 14.0. The average Bonchev–Trinajstić information content (AvgIpc) is 2.77. The van der Waals surface area contributed by atoms with Gasteiger partial charge in [-0.05, 0) is 24.7 Å². The van der Waals surface area contributed by atoms with Crippen molar-refractivity contribution >= 4 is 26.2 Å². The lowest BCUT2D eigenvalue weighted by atomic mass is 10.1. The molecule has 1 aromatic heterocycles. The number of rotatable bonds is 4. The second-order valence-corrected chi connectivity index (χ2v) is 6.59. The van der Waals surface area contributed by atoms with Gasteiger partial charge in [0.1, 0.15) is 5.75 Å². The van der Waals surface area contributed by atoms with Crippen LogP contribution >= 0.6 is 11.6 Å². The maximum absolute atomic E-state index is 10.9. The molecule has 2 aromatic rings. The van der Waals surface area contributed by atoms with Crippen LogP contribution in [0.3, 0.4) is 0 Å². The molecule has 0 bridgehead atoms. The first-order valence-corrected chi connectivity index (χ1v) is 8.23. The van der Waals surface area contributed by atoms with Gasteiger partial charge in [-0.1, -0.05) is 11.6 Å². The van der Waals surface area contributed by atoms with Gasteiger partial charge >= 0.3 is 14.6 Å². The smallest absolute Gasteiger partial charge is 0.354 e. The van der Waals surface area contributed by atoms with Gasteiger partial charge in [-0.2, -0.15) is 5.10 Å². The predicted octanol–water partition coefficient (Wildman–Crippen LogP) is 2.73. The van der Waals surface area contributed by atoms with Gasteiger partial charge in [-0.15, -0.1) is 0 Å². The van der Waals surface area contributed by atoms with Crippen molar-refractivity contribution in [1.82, 2.24) is 9.78 Å². The lowest BCUT2D eigenvalue weighted by molar-refractivity contribution is 0.216. The Labute approximate surface area is 117 Å². The van der Waals surface area contributed by atoms with E-state index in [9.17, 15) is 4.79 Å². The van der Waals surface area contributed by atoms with Crippen molar-refractivity contribution in [3.63, 3.8) is 0 Å². The van der Waals surface area contributed by atoms with Crippen molar-refractivity contribution in [3.05, 3.63) is 35.6 Å². The van der Waals surface area contributed by atoms with E-state index < -0.39 is 14.6 Å². The fourth-order valence-corrected chi connectivity index (χ4v) is 2.49. The number of carboxylic acid groups (broad SMARTS) is 1. The first-order chi connectivity index (χ1) is 8.97. The number of hydrogen-bond acceptors (Lipinski definition) is 3. The number of carbonyl (C=O) groups is 1. The summed E-state index contributed by atoms with van der Waals surface area (Å²) < 4.78 is 7.23. The van der Waals surface area contributed by atoms with E-state index in [2.05, 4.69) is 5.10 Å². The molecule has 0 aliphatic rings. The maximum Gasteiger partial charge on any atom is 0.354 e. The molecule has 7 heteroatoms. The Balaban J connectivity index is 2.41. The van der Waals surface area contributed by atoms with Crippen LogP contribution in [0.2, 0.25) is 11.6 Å². The Bertz CT molecular complexity index is 615. The van der Waals surface area contributed by atoms with Crippen LogP contribution in [-0.4, -0.2) is 29.5 Å². The third kappa shape index (κ3) is 3.15. The number of halogens is 1. The Morgan fingerprint density at radius 1 is 1.53 bits per heavy atom. The van der Waals surface area contributed by atoms with Gasteiger partial charge in [0.25, 0.3) is 0 Å². The molecule has 0 amide bonds. The van der Waals surface area contributed by atoms with Crippen molar-refractivity contribution in [2.24, 2.45) is 7.05 Å². The van der Waals surface area contributed by atoms with Crippen LogP contribution in [0.15, 0.2) is 30.6 Å². The van der Waals surface area contributed by atoms with Crippen LogP contribution in [0.1, 0.15) is 0 Å². The van der Waals surface area contributed by atoms with Crippen molar-refractivity contribution in [2.75, 3.05) is 0 Å². The topological polar surface area (TPSA) is 64.3 Å². The number of aromatic nitrogens is 2. The molecule has 0 spiro atoms. The van der Waals surface area contributed by atoms with Gasteiger partial charge < -0.3 is 9.53 Å². The summed E-state index contributed by atoms with van der Waals surface area (Å²) in [5.74, 6) is 0.527. The SMILES string of the molecule is Cn1cc(-c2cc(Cl)ccc2O[Si@@H](C)C(=O)O)cn1. The van der Waals surface area contributed by atoms with Crippen LogP contribution in [0.5, 0.6) is 5.75 Å². The normalized spacial score (nSPS) is 12.2. The van der Waals surface area contributed by atoms with E-state index in [0.717, 1.165) is 11.1 Å². The molecule has 100 valence electrons. The maximum atomic E-state index is 10.9. The lowest BCUT2D eigenvalue weighted by Gasteiger charge is -2.13. The van der Waals surface area contributed by atoms with Gasteiger partial charge in [0.2, 0.25) is 0 Å². The molecule has 0 aliphatic carbocycles. The van der Waals surface area contributed by atoms with Crippen molar-refractivity contribution < 1.29 is 14.3 Å². The Hall–Kier alpha value is -1.79. The Morgan fingerprint density at radius 3 is 2.84 bits per heavy atom. The zero-order valence-corrected chi connectivity index (χ0v) is 12.4. The molecule has 5 nitrogen and oxygen atoms in total. The molecular weight excluding hydrogens is 284 g/mol. The third-order valence-electron chi connectivity index (χ3n) is 2.61. The Kier molecular flexibility index (Phi) is 3.92. The van der Waals surface area contributed by atoms with Crippen molar-refractivity contribution in [2.45, 2.75) is 6.55 Å². The van der Waals surface area contributed by atoms with Crippen LogP contribution in [0.25, 0.3) is 11.1 Å². The van der Waals surface area contributed by atoms with Crippen LogP contribution in [0.4, 0.5) is 4.79 Å². The molecule has 1 N–H and O–H groups in total. The lowest BCUT2D eigenvalue weighted by Crippen LogP contribution is -2.27. The van der Waals surface area contributed by atoms with Crippen molar-refractivity contribution in [1.29, 1.82) is 0 Å². The second kappa shape index (κ2) is 5.46. The van der Waals surface area contributed by atoms with E-state index >= 15 is 0 Å². The minimum atomic E-state index is -2.32. The minimum Gasteiger partial charge on any atom is -0.534 e. The molecule has 1 heterocycles. The first-order valence-electron chi connectivity index (χ1n) is 5.65. The molecule has 1 atom stereocenters. The molecule has 0 unspecified atom stereocenters. The van der Waals surface area contributed by atoms with E-state index in [0.29, 0.717) is 10.8 Å².